The summed E-state index contributed by atoms with van der Waals surface area (Å²) >= 11 is 0. The molecule has 1 atom stereocenters. The molecule has 9 heteroatoms. The highest BCUT2D eigenvalue weighted by molar-refractivity contribution is 7.73. The first-order valence-electron chi connectivity index (χ1n) is 4.70. The van der Waals surface area contributed by atoms with Crippen LogP contribution in [-0.4, -0.2) is 37.2 Å². The maximum atomic E-state index is 11.4. The molecule has 94 valence electrons. The Bertz CT molecular complexity index is 502. The fraction of sp³-hybridized carbons (Fsp3) is 0.375. The topological polar surface area (TPSA) is 127 Å². The first-order chi connectivity index (χ1) is 7.67. The van der Waals surface area contributed by atoms with Crippen molar-refractivity contribution in [2.24, 2.45) is 10.9 Å². The van der Waals surface area contributed by atoms with E-state index in [2.05, 4.69) is 4.99 Å². The van der Waals surface area contributed by atoms with Crippen LogP contribution in [0, 0.1) is 5.92 Å². The summed E-state index contributed by atoms with van der Waals surface area (Å²) in [5.74, 6) is -0.221. The summed E-state index contributed by atoms with van der Waals surface area (Å²) in [6, 6.07) is 0. The van der Waals surface area contributed by atoms with Gasteiger partial charge in [0.05, 0.1) is 6.54 Å². The Morgan fingerprint density at radius 2 is 1.82 bits per heavy atom. The highest BCUT2D eigenvalue weighted by Crippen LogP contribution is 2.71. The second kappa shape index (κ2) is 3.72. The van der Waals surface area contributed by atoms with Crippen molar-refractivity contribution in [1.29, 1.82) is 0 Å². The average molecular weight is 279 g/mol. The lowest BCUT2D eigenvalue weighted by molar-refractivity contribution is 0.332. The molecule has 0 spiro atoms. The van der Waals surface area contributed by atoms with E-state index in [1.165, 1.54) is 6.08 Å². The third-order valence-corrected chi connectivity index (χ3v) is 6.83. The van der Waals surface area contributed by atoms with Gasteiger partial charge in [0.2, 0.25) is 4.90 Å². The molecule has 0 fully saturated rings. The molecule has 4 N–H and O–H groups in total. The summed E-state index contributed by atoms with van der Waals surface area (Å²) < 4.78 is 22.8. The highest BCUT2D eigenvalue weighted by Gasteiger charge is 2.58. The number of fused-ring (bicyclic) bond motifs is 1. The molecule has 2 aliphatic rings. The number of hydrogen-bond donors (Lipinski definition) is 4. The number of aliphatic imine (C=N–C) groups is 1. The van der Waals surface area contributed by atoms with Crippen LogP contribution < -0.4 is 0 Å². The Labute approximate surface area is 96.9 Å². The van der Waals surface area contributed by atoms with E-state index < -0.39 is 20.1 Å². The SMILES string of the molecule is O=P(O)(O)C1(P(=O)(O)O)C=CC2C=NCC2=C1. The summed E-state index contributed by atoms with van der Waals surface area (Å²) in [4.78, 5) is 38.3. The Kier molecular flexibility index (Phi) is 2.82. The van der Waals surface area contributed by atoms with E-state index in [0.717, 1.165) is 12.2 Å². The fourth-order valence-corrected chi connectivity index (χ4v) is 4.47. The minimum atomic E-state index is -5.02. The molecule has 0 radical (unpaired) electrons. The van der Waals surface area contributed by atoms with E-state index in [9.17, 15) is 28.7 Å². The number of allylic oxidation sites excluding steroid dienone is 3. The van der Waals surface area contributed by atoms with Crippen LogP contribution in [0.3, 0.4) is 0 Å². The molecule has 1 aliphatic heterocycles. The number of nitrogens with zero attached hydrogens (tertiary/aromatic N) is 1. The van der Waals surface area contributed by atoms with Crippen molar-refractivity contribution in [1.82, 2.24) is 0 Å². The quantitative estimate of drug-likeness (QED) is 0.423. The van der Waals surface area contributed by atoms with Gasteiger partial charge in [0.25, 0.3) is 0 Å². The van der Waals surface area contributed by atoms with E-state index in [0.29, 0.717) is 5.57 Å². The van der Waals surface area contributed by atoms with Crippen LogP contribution in [0.2, 0.25) is 0 Å². The van der Waals surface area contributed by atoms with E-state index in [4.69, 9.17) is 0 Å². The Morgan fingerprint density at radius 1 is 1.24 bits per heavy atom. The monoisotopic (exact) mass is 279 g/mol. The Morgan fingerprint density at radius 3 is 2.35 bits per heavy atom. The average Bonchev–Trinajstić information content (AvgIpc) is 2.59. The lowest BCUT2D eigenvalue weighted by atomic mass is 9.96. The standard InChI is InChI=1S/C8H11NO6P2/c10-16(11,12)8(17(13,14)15)2-1-6-4-9-5-7(6)3-8/h1-4,6H,5H2,(H2,10,11,12)(H2,13,14,15). The van der Waals surface area contributed by atoms with Crippen molar-refractivity contribution in [3.8, 4) is 0 Å². The Balaban J connectivity index is 2.60. The smallest absolute Gasteiger partial charge is 0.323 e. The molecule has 2 rings (SSSR count). The van der Waals surface area contributed by atoms with Crippen molar-refractivity contribution in [2.45, 2.75) is 4.90 Å². The second-order valence-electron chi connectivity index (χ2n) is 3.97. The molecule has 0 bridgehead atoms. The van der Waals surface area contributed by atoms with Gasteiger partial charge in [-0.3, -0.25) is 14.1 Å². The minimum Gasteiger partial charge on any atom is -0.323 e. The summed E-state index contributed by atoms with van der Waals surface area (Å²) in [6.07, 6.45) is 4.82. The van der Waals surface area contributed by atoms with Gasteiger partial charge in [-0.05, 0) is 11.6 Å². The lowest BCUT2D eigenvalue weighted by Gasteiger charge is -2.32. The van der Waals surface area contributed by atoms with Gasteiger partial charge in [0, 0.05) is 12.1 Å². The zero-order chi connectivity index (χ0) is 12.9. The van der Waals surface area contributed by atoms with Crippen LogP contribution in [0.5, 0.6) is 0 Å². The first-order valence-corrected chi connectivity index (χ1v) is 7.92. The van der Waals surface area contributed by atoms with Crippen LogP contribution in [0.25, 0.3) is 0 Å². The molecule has 0 amide bonds. The largest absolute Gasteiger partial charge is 0.351 e. The minimum absolute atomic E-state index is 0.205. The van der Waals surface area contributed by atoms with Crippen LogP contribution in [0.15, 0.2) is 28.8 Å². The molecular weight excluding hydrogens is 268 g/mol. The normalized spacial score (nSPS) is 26.8. The van der Waals surface area contributed by atoms with Crippen molar-refractivity contribution >= 4 is 21.4 Å². The molecule has 0 aromatic carbocycles. The molecule has 17 heavy (non-hydrogen) atoms. The van der Waals surface area contributed by atoms with Gasteiger partial charge in [-0.1, -0.05) is 12.2 Å². The molecule has 0 aromatic rings. The molecule has 7 nitrogen and oxygen atoms in total. The predicted octanol–water partition coefficient (Wildman–Crippen LogP) is 0.235. The van der Waals surface area contributed by atoms with Crippen LogP contribution in [0.4, 0.5) is 0 Å². The molecule has 0 saturated carbocycles. The van der Waals surface area contributed by atoms with Crippen molar-refractivity contribution in [3.05, 3.63) is 23.8 Å². The number of rotatable bonds is 2. The van der Waals surface area contributed by atoms with Gasteiger partial charge in [-0.2, -0.15) is 0 Å². The predicted molar refractivity (Wildman–Crippen MR) is 60.9 cm³/mol. The first kappa shape index (κ1) is 12.9. The van der Waals surface area contributed by atoms with Gasteiger partial charge in [-0.25, -0.2) is 0 Å². The Hall–Kier alpha value is -0.550. The molecule has 0 aromatic heterocycles. The fourth-order valence-electron chi connectivity index (χ4n) is 1.89. The lowest BCUT2D eigenvalue weighted by Crippen LogP contribution is -2.28. The zero-order valence-electron chi connectivity index (χ0n) is 8.54. The molecule has 0 saturated heterocycles. The second-order valence-corrected chi connectivity index (χ2v) is 7.97. The van der Waals surface area contributed by atoms with E-state index >= 15 is 0 Å². The van der Waals surface area contributed by atoms with Crippen LogP contribution in [-0.2, 0) is 9.13 Å². The maximum Gasteiger partial charge on any atom is 0.351 e. The van der Waals surface area contributed by atoms with Crippen LogP contribution >= 0.6 is 15.2 Å². The molecule has 1 aliphatic carbocycles. The van der Waals surface area contributed by atoms with Crippen molar-refractivity contribution in [3.63, 3.8) is 0 Å². The third-order valence-electron chi connectivity index (χ3n) is 2.85. The van der Waals surface area contributed by atoms with Gasteiger partial charge in [0.1, 0.15) is 0 Å². The van der Waals surface area contributed by atoms with Gasteiger partial charge in [0.15, 0.2) is 0 Å². The number of hydrogen-bond acceptors (Lipinski definition) is 3. The maximum absolute atomic E-state index is 11.4. The van der Waals surface area contributed by atoms with Crippen molar-refractivity contribution in [2.75, 3.05) is 6.54 Å². The summed E-state index contributed by atoms with van der Waals surface area (Å²) in [6.45, 7) is 0.205. The van der Waals surface area contributed by atoms with Gasteiger partial charge >= 0.3 is 15.2 Å². The summed E-state index contributed by atoms with van der Waals surface area (Å²) in [7, 11) is -10.0. The van der Waals surface area contributed by atoms with E-state index in [1.807, 2.05) is 0 Å². The summed E-state index contributed by atoms with van der Waals surface area (Å²) in [5.41, 5.74) is 0.499. The molecule has 1 heterocycles. The van der Waals surface area contributed by atoms with Gasteiger partial charge < -0.3 is 19.6 Å². The zero-order valence-corrected chi connectivity index (χ0v) is 10.3. The highest BCUT2D eigenvalue weighted by atomic mass is 31.2. The summed E-state index contributed by atoms with van der Waals surface area (Å²) in [5, 5.41) is 0. The third kappa shape index (κ3) is 1.89. The van der Waals surface area contributed by atoms with E-state index in [1.54, 1.807) is 6.21 Å². The van der Waals surface area contributed by atoms with Crippen LogP contribution in [0.1, 0.15) is 0 Å². The van der Waals surface area contributed by atoms with Crippen molar-refractivity contribution < 1.29 is 28.7 Å². The molecule has 1 unspecified atom stereocenters. The van der Waals surface area contributed by atoms with E-state index in [-0.39, 0.29) is 12.5 Å². The molecular formula is C8H11NO6P2. The van der Waals surface area contributed by atoms with Gasteiger partial charge in [-0.15, -0.1) is 0 Å².